The summed E-state index contributed by atoms with van der Waals surface area (Å²) in [5, 5.41) is 80.3. The van der Waals surface area contributed by atoms with Crippen molar-refractivity contribution < 1.29 is 55.1 Å². The van der Waals surface area contributed by atoms with Crippen LogP contribution in [-0.4, -0.2) is 114 Å². The summed E-state index contributed by atoms with van der Waals surface area (Å²) in [7, 11) is 0. The van der Waals surface area contributed by atoms with Crippen LogP contribution in [0.3, 0.4) is 0 Å². The van der Waals surface area contributed by atoms with E-state index >= 15 is 0 Å². The van der Waals surface area contributed by atoms with E-state index in [1.54, 1.807) is 0 Å². The predicted molar refractivity (Wildman–Crippen MR) is 101 cm³/mol. The largest absolute Gasteiger partial charge is 0.393 e. The molecule has 0 aromatic heterocycles. The van der Waals surface area contributed by atoms with Crippen molar-refractivity contribution in [3.63, 3.8) is 0 Å². The smallest absolute Gasteiger partial charge is 0.189 e. The van der Waals surface area contributed by atoms with Crippen LogP contribution in [0, 0.1) is 11.8 Å². The summed E-state index contributed by atoms with van der Waals surface area (Å²) in [6.45, 7) is 0. The first-order valence-corrected chi connectivity index (χ1v) is 11.1. The van der Waals surface area contributed by atoms with Gasteiger partial charge < -0.3 is 55.1 Å². The van der Waals surface area contributed by atoms with Crippen molar-refractivity contribution in [2.45, 2.75) is 112 Å². The number of rotatable bonds is 3. The number of ether oxygens (including phenoxy) is 3. The van der Waals surface area contributed by atoms with Gasteiger partial charge in [0.25, 0.3) is 0 Å². The molecule has 4 aliphatic rings. The molecule has 0 spiro atoms. The van der Waals surface area contributed by atoms with Crippen molar-refractivity contribution in [3.05, 3.63) is 0 Å². The second kappa shape index (κ2) is 9.43. The van der Waals surface area contributed by atoms with Gasteiger partial charge in [-0.25, -0.2) is 0 Å². The zero-order chi connectivity index (χ0) is 22.4. The molecule has 14 atom stereocenters. The molecular formula is C20H34O11. The minimum absolute atomic E-state index is 0.193. The lowest BCUT2D eigenvalue weighted by atomic mass is 9.72. The molecule has 2 aliphatic heterocycles. The molecule has 14 unspecified atom stereocenters. The second-order valence-electron chi connectivity index (χ2n) is 9.48. The summed E-state index contributed by atoms with van der Waals surface area (Å²) >= 11 is 0. The van der Waals surface area contributed by atoms with Crippen molar-refractivity contribution in [1.82, 2.24) is 0 Å². The highest BCUT2D eigenvalue weighted by atomic mass is 16.8. The Morgan fingerprint density at radius 3 is 2.10 bits per heavy atom. The lowest BCUT2D eigenvalue weighted by molar-refractivity contribution is -0.361. The number of aliphatic hydroxyl groups is 8. The molecule has 0 amide bonds. The molecule has 8 N–H and O–H groups in total. The van der Waals surface area contributed by atoms with Gasteiger partial charge in [-0.2, -0.15) is 0 Å². The fourth-order valence-electron chi connectivity index (χ4n) is 5.52. The van der Waals surface area contributed by atoms with E-state index in [-0.39, 0.29) is 24.7 Å². The maximum Gasteiger partial charge on any atom is 0.189 e. The Bertz CT molecular complexity index is 608. The molecule has 4 rings (SSSR count). The summed E-state index contributed by atoms with van der Waals surface area (Å²) in [5.41, 5.74) is 0. The average Bonchev–Trinajstić information content (AvgIpc) is 2.72. The molecule has 2 saturated heterocycles. The van der Waals surface area contributed by atoms with Crippen molar-refractivity contribution in [2.75, 3.05) is 0 Å². The molecule has 2 aliphatic carbocycles. The lowest BCUT2D eigenvalue weighted by Crippen LogP contribution is -2.61. The van der Waals surface area contributed by atoms with Crippen LogP contribution >= 0.6 is 0 Å². The third-order valence-electron chi connectivity index (χ3n) is 7.33. The summed E-state index contributed by atoms with van der Waals surface area (Å²) in [6, 6.07) is 0. The van der Waals surface area contributed by atoms with Crippen molar-refractivity contribution in [2.24, 2.45) is 11.8 Å². The van der Waals surface area contributed by atoms with Crippen LogP contribution in [-0.2, 0) is 14.2 Å². The molecule has 0 aromatic carbocycles. The Morgan fingerprint density at radius 1 is 0.645 bits per heavy atom. The highest BCUT2D eigenvalue weighted by Crippen LogP contribution is 2.43. The predicted octanol–water partition coefficient (Wildman–Crippen LogP) is -3.06. The van der Waals surface area contributed by atoms with Gasteiger partial charge in [0.05, 0.1) is 42.7 Å². The Balaban J connectivity index is 1.53. The van der Waals surface area contributed by atoms with Gasteiger partial charge in [-0.05, 0) is 44.4 Å². The van der Waals surface area contributed by atoms with E-state index in [1.807, 2.05) is 0 Å². The fraction of sp³-hybridized carbons (Fsp3) is 1.00. The van der Waals surface area contributed by atoms with Gasteiger partial charge in [-0.3, -0.25) is 0 Å². The number of hydrogen-bond donors (Lipinski definition) is 8. The SMILES string of the molecule is OC1CC(O)C2CC(OC3OC(O)C(O)C(O)C3O)C(C3CCC(O)C(O)C3)OC2C1. The summed E-state index contributed by atoms with van der Waals surface area (Å²) in [6.07, 6.45) is -11.0. The van der Waals surface area contributed by atoms with Gasteiger partial charge in [-0.1, -0.05) is 0 Å². The van der Waals surface area contributed by atoms with E-state index < -0.39 is 73.6 Å². The van der Waals surface area contributed by atoms with E-state index in [0.717, 1.165) is 0 Å². The quantitative estimate of drug-likeness (QED) is 0.218. The number of aliphatic hydroxyl groups excluding tert-OH is 8. The first kappa shape index (κ1) is 23.7. The Morgan fingerprint density at radius 2 is 1.39 bits per heavy atom. The minimum atomic E-state index is -1.75. The first-order valence-electron chi connectivity index (χ1n) is 11.1. The second-order valence-corrected chi connectivity index (χ2v) is 9.48. The molecule has 2 heterocycles. The van der Waals surface area contributed by atoms with Crippen molar-refractivity contribution in [3.8, 4) is 0 Å². The van der Waals surface area contributed by atoms with E-state index in [9.17, 15) is 40.9 Å². The number of fused-ring (bicyclic) bond motifs is 1. The molecule has 11 heteroatoms. The topological polar surface area (TPSA) is 190 Å². The Hall–Kier alpha value is -0.440. The maximum absolute atomic E-state index is 10.5. The average molecular weight is 450 g/mol. The highest BCUT2D eigenvalue weighted by molar-refractivity contribution is 4.98. The standard InChI is InChI=1S/C20H34O11/c21-8-4-11(23)9-6-14(30-20-17(27)15(25)16(26)19(28)31-20)18(29-13(9)5-8)7-1-2-10(22)12(24)3-7/h7-28H,1-6H2. The molecule has 11 nitrogen and oxygen atoms in total. The van der Waals surface area contributed by atoms with Crippen LogP contribution in [0.25, 0.3) is 0 Å². The molecule has 0 radical (unpaired) electrons. The Kier molecular flexibility index (Phi) is 7.21. The monoisotopic (exact) mass is 450 g/mol. The third kappa shape index (κ3) is 4.78. The van der Waals surface area contributed by atoms with Gasteiger partial charge in [0, 0.05) is 5.92 Å². The van der Waals surface area contributed by atoms with Crippen LogP contribution in [0.1, 0.15) is 38.5 Å². The van der Waals surface area contributed by atoms with Gasteiger partial charge >= 0.3 is 0 Å². The molecule has 2 saturated carbocycles. The zero-order valence-electron chi connectivity index (χ0n) is 17.1. The summed E-state index contributed by atoms with van der Waals surface area (Å²) < 4.78 is 17.4. The number of hydrogen-bond acceptors (Lipinski definition) is 11. The molecule has 4 fully saturated rings. The van der Waals surface area contributed by atoms with Crippen LogP contribution in [0.5, 0.6) is 0 Å². The van der Waals surface area contributed by atoms with Crippen molar-refractivity contribution >= 4 is 0 Å². The lowest BCUT2D eigenvalue weighted by Gasteiger charge is -2.51. The van der Waals surface area contributed by atoms with E-state index in [0.29, 0.717) is 25.7 Å². The van der Waals surface area contributed by atoms with Gasteiger partial charge in [0.15, 0.2) is 12.6 Å². The van der Waals surface area contributed by atoms with Crippen LogP contribution in [0.4, 0.5) is 0 Å². The fourth-order valence-corrected chi connectivity index (χ4v) is 5.52. The van der Waals surface area contributed by atoms with Gasteiger partial charge in [0.1, 0.15) is 18.3 Å². The van der Waals surface area contributed by atoms with Crippen LogP contribution in [0.15, 0.2) is 0 Å². The van der Waals surface area contributed by atoms with Crippen molar-refractivity contribution in [1.29, 1.82) is 0 Å². The van der Waals surface area contributed by atoms with E-state index in [1.165, 1.54) is 0 Å². The van der Waals surface area contributed by atoms with Crippen LogP contribution in [0.2, 0.25) is 0 Å². The first-order chi connectivity index (χ1) is 14.7. The summed E-state index contributed by atoms with van der Waals surface area (Å²) in [5.74, 6) is -0.522. The molecule has 31 heavy (non-hydrogen) atoms. The van der Waals surface area contributed by atoms with Crippen LogP contribution < -0.4 is 0 Å². The molecular weight excluding hydrogens is 416 g/mol. The minimum Gasteiger partial charge on any atom is -0.393 e. The molecule has 0 aromatic rings. The summed E-state index contributed by atoms with van der Waals surface area (Å²) in [4.78, 5) is 0. The Labute approximate surface area is 179 Å². The molecule has 0 bridgehead atoms. The highest BCUT2D eigenvalue weighted by Gasteiger charge is 2.51. The normalized spacial score (nSPS) is 56.1. The third-order valence-corrected chi connectivity index (χ3v) is 7.33. The van der Waals surface area contributed by atoms with E-state index in [4.69, 9.17) is 14.2 Å². The van der Waals surface area contributed by atoms with Gasteiger partial charge in [-0.15, -0.1) is 0 Å². The molecule has 180 valence electrons. The maximum atomic E-state index is 10.5. The zero-order valence-corrected chi connectivity index (χ0v) is 17.1. The van der Waals surface area contributed by atoms with Gasteiger partial charge in [0.2, 0.25) is 0 Å². The van der Waals surface area contributed by atoms with E-state index in [2.05, 4.69) is 0 Å².